The molecule has 0 atom stereocenters. The smallest absolute Gasteiger partial charge is 0.427 e. The predicted octanol–water partition coefficient (Wildman–Crippen LogP) is 3.76. The maximum Gasteiger partial charge on any atom is 0.513 e. The second-order valence-electron chi connectivity index (χ2n) is 5.02. The van der Waals surface area contributed by atoms with Gasteiger partial charge in [-0.2, -0.15) is 0 Å². The number of hydrogen-bond donors (Lipinski definition) is 0. The normalized spacial score (nSPS) is 14.3. The summed E-state index contributed by atoms with van der Waals surface area (Å²) >= 11 is 1.52. The molecule has 1 aromatic heterocycles. The minimum absolute atomic E-state index is 0.0469. The average Bonchev–Trinajstić information content (AvgIpc) is 2.95. The Morgan fingerprint density at radius 1 is 1.45 bits per heavy atom. The Bertz CT molecular complexity index is 633. The molecule has 0 fully saturated rings. The molecule has 1 heterocycles. The van der Waals surface area contributed by atoms with E-state index < -0.39 is 11.1 Å². The molecule has 0 saturated carbocycles. The quantitative estimate of drug-likeness (QED) is 0.465. The molecule has 1 aliphatic rings. The van der Waals surface area contributed by atoms with Crippen molar-refractivity contribution in [2.45, 2.75) is 39.2 Å². The third-order valence-electron chi connectivity index (χ3n) is 2.94. The van der Waals surface area contributed by atoms with Gasteiger partial charge in [0.25, 0.3) is 0 Å². The van der Waals surface area contributed by atoms with Crippen molar-refractivity contribution in [3.63, 3.8) is 0 Å². The van der Waals surface area contributed by atoms with Crippen molar-refractivity contribution in [1.82, 2.24) is 4.98 Å². The SMILES string of the molecule is CC(C)c1nc(COC(=O)OC2=CC=C([N+](=O)[O-])CC2)cs1. The van der Waals surface area contributed by atoms with Crippen molar-refractivity contribution >= 4 is 17.5 Å². The van der Waals surface area contributed by atoms with Gasteiger partial charge < -0.3 is 9.47 Å². The summed E-state index contributed by atoms with van der Waals surface area (Å²) in [6.07, 6.45) is 2.46. The summed E-state index contributed by atoms with van der Waals surface area (Å²) in [7, 11) is 0. The molecule has 2 rings (SSSR count). The van der Waals surface area contributed by atoms with Crippen molar-refractivity contribution in [1.29, 1.82) is 0 Å². The first kappa shape index (κ1) is 16.2. The van der Waals surface area contributed by atoms with E-state index >= 15 is 0 Å². The number of allylic oxidation sites excluding steroid dienone is 4. The van der Waals surface area contributed by atoms with Crippen LogP contribution in [-0.2, 0) is 16.1 Å². The van der Waals surface area contributed by atoms with Gasteiger partial charge in [-0.25, -0.2) is 9.78 Å². The van der Waals surface area contributed by atoms with Crippen molar-refractivity contribution in [2.24, 2.45) is 0 Å². The third kappa shape index (κ3) is 4.39. The van der Waals surface area contributed by atoms with Gasteiger partial charge in [-0.3, -0.25) is 10.1 Å². The molecule has 1 aliphatic carbocycles. The van der Waals surface area contributed by atoms with Crippen LogP contribution in [0.3, 0.4) is 0 Å². The van der Waals surface area contributed by atoms with Crippen LogP contribution < -0.4 is 0 Å². The van der Waals surface area contributed by atoms with Crippen LogP contribution in [0.5, 0.6) is 0 Å². The zero-order valence-electron chi connectivity index (χ0n) is 12.3. The number of nitrogens with zero attached hydrogens (tertiary/aromatic N) is 2. The zero-order valence-corrected chi connectivity index (χ0v) is 13.1. The number of aromatic nitrogens is 1. The van der Waals surface area contributed by atoms with Crippen LogP contribution in [0.1, 0.15) is 43.3 Å². The molecule has 118 valence electrons. The summed E-state index contributed by atoms with van der Waals surface area (Å²) in [5.74, 6) is 0.692. The van der Waals surface area contributed by atoms with Crippen molar-refractivity contribution in [3.8, 4) is 0 Å². The van der Waals surface area contributed by atoms with Gasteiger partial charge in [-0.15, -0.1) is 11.3 Å². The molecule has 0 aromatic carbocycles. The van der Waals surface area contributed by atoms with E-state index in [2.05, 4.69) is 4.98 Å². The standard InChI is InChI=1S/C14H16N2O5S/c1-9(2)13-15-10(8-22-13)7-20-14(17)21-12-5-3-11(4-6-12)16(18)19/h3,5,8-9H,4,6-7H2,1-2H3. The molecular formula is C14H16N2O5S. The Labute approximate surface area is 131 Å². The van der Waals surface area contributed by atoms with Crippen molar-refractivity contribution in [2.75, 3.05) is 0 Å². The maximum absolute atomic E-state index is 11.6. The van der Waals surface area contributed by atoms with E-state index in [0.29, 0.717) is 23.8 Å². The number of carbonyl (C=O) groups is 1. The highest BCUT2D eigenvalue weighted by molar-refractivity contribution is 7.09. The molecule has 0 radical (unpaired) electrons. The fraction of sp³-hybridized carbons (Fsp3) is 0.429. The van der Waals surface area contributed by atoms with Crippen LogP contribution in [0, 0.1) is 10.1 Å². The van der Waals surface area contributed by atoms with E-state index in [9.17, 15) is 14.9 Å². The number of hydrogen-bond acceptors (Lipinski definition) is 7. The number of rotatable bonds is 5. The summed E-state index contributed by atoms with van der Waals surface area (Å²) in [4.78, 5) is 26.0. The summed E-state index contributed by atoms with van der Waals surface area (Å²) in [5, 5.41) is 13.4. The maximum atomic E-state index is 11.6. The number of nitro groups is 1. The fourth-order valence-electron chi connectivity index (χ4n) is 1.77. The van der Waals surface area contributed by atoms with E-state index in [1.165, 1.54) is 23.5 Å². The molecule has 0 amide bonds. The van der Waals surface area contributed by atoms with Crippen LogP contribution >= 0.6 is 11.3 Å². The lowest BCUT2D eigenvalue weighted by molar-refractivity contribution is -0.428. The topological polar surface area (TPSA) is 91.6 Å². The van der Waals surface area contributed by atoms with Crippen molar-refractivity contribution < 1.29 is 19.2 Å². The first-order valence-corrected chi connectivity index (χ1v) is 7.66. The van der Waals surface area contributed by atoms with Gasteiger partial charge in [0.2, 0.25) is 5.70 Å². The lowest BCUT2D eigenvalue weighted by Crippen LogP contribution is -2.10. The number of thiazole rings is 1. The summed E-state index contributed by atoms with van der Waals surface area (Å²) in [5.41, 5.74) is 0.781. The lowest BCUT2D eigenvalue weighted by Gasteiger charge is -2.10. The van der Waals surface area contributed by atoms with Crippen LogP contribution in [0.4, 0.5) is 4.79 Å². The highest BCUT2D eigenvalue weighted by atomic mass is 32.1. The highest BCUT2D eigenvalue weighted by Crippen LogP contribution is 2.21. The van der Waals surface area contributed by atoms with E-state index in [-0.39, 0.29) is 18.7 Å². The van der Waals surface area contributed by atoms with E-state index in [0.717, 1.165) is 5.01 Å². The molecule has 1 aromatic rings. The van der Waals surface area contributed by atoms with Gasteiger partial charge in [-0.05, 0) is 6.08 Å². The zero-order chi connectivity index (χ0) is 16.1. The average molecular weight is 324 g/mol. The third-order valence-corrected chi connectivity index (χ3v) is 4.13. The van der Waals surface area contributed by atoms with Crippen LogP contribution in [0.2, 0.25) is 0 Å². The Kier molecular flexibility index (Phi) is 5.26. The Morgan fingerprint density at radius 3 is 2.77 bits per heavy atom. The van der Waals surface area contributed by atoms with Gasteiger partial charge in [-0.1, -0.05) is 13.8 Å². The Hall–Kier alpha value is -2.22. The van der Waals surface area contributed by atoms with Gasteiger partial charge in [0.1, 0.15) is 12.4 Å². The van der Waals surface area contributed by atoms with Crippen LogP contribution in [-0.4, -0.2) is 16.1 Å². The van der Waals surface area contributed by atoms with Crippen LogP contribution in [0.25, 0.3) is 0 Å². The molecule has 0 unspecified atom stereocenters. The number of carbonyl (C=O) groups excluding carboxylic acids is 1. The second kappa shape index (κ2) is 7.17. The predicted molar refractivity (Wildman–Crippen MR) is 79.9 cm³/mol. The summed E-state index contributed by atoms with van der Waals surface area (Å²) in [6.45, 7) is 4.13. The number of ether oxygens (including phenoxy) is 2. The molecule has 22 heavy (non-hydrogen) atoms. The molecule has 0 bridgehead atoms. The first-order valence-electron chi connectivity index (χ1n) is 6.78. The van der Waals surface area contributed by atoms with Crippen LogP contribution in [0.15, 0.2) is 29.0 Å². The van der Waals surface area contributed by atoms with Crippen molar-refractivity contribution in [3.05, 3.63) is 49.8 Å². The summed E-state index contributed by atoms with van der Waals surface area (Å²) in [6, 6.07) is 0. The second-order valence-corrected chi connectivity index (χ2v) is 5.91. The lowest BCUT2D eigenvalue weighted by atomic mass is 10.1. The first-order chi connectivity index (χ1) is 10.5. The molecule has 0 aliphatic heterocycles. The van der Waals surface area contributed by atoms with Gasteiger partial charge in [0, 0.05) is 30.2 Å². The molecule has 0 saturated heterocycles. The summed E-state index contributed by atoms with van der Waals surface area (Å²) < 4.78 is 9.99. The van der Waals surface area contributed by atoms with Gasteiger partial charge in [0.15, 0.2) is 0 Å². The molecule has 0 N–H and O–H groups in total. The highest BCUT2D eigenvalue weighted by Gasteiger charge is 2.18. The largest absolute Gasteiger partial charge is 0.513 e. The van der Waals surface area contributed by atoms with Gasteiger partial charge >= 0.3 is 6.16 Å². The van der Waals surface area contributed by atoms with E-state index in [1.807, 2.05) is 19.2 Å². The molecule has 7 nitrogen and oxygen atoms in total. The molecule has 0 spiro atoms. The van der Waals surface area contributed by atoms with E-state index in [4.69, 9.17) is 9.47 Å². The fourth-order valence-corrected chi connectivity index (χ4v) is 2.59. The monoisotopic (exact) mass is 324 g/mol. The minimum Gasteiger partial charge on any atom is -0.427 e. The van der Waals surface area contributed by atoms with E-state index in [1.54, 1.807) is 0 Å². The van der Waals surface area contributed by atoms with Gasteiger partial charge in [0.05, 0.1) is 15.6 Å². The molecular weight excluding hydrogens is 308 g/mol. The molecule has 8 heteroatoms. The Balaban J connectivity index is 1.82. The minimum atomic E-state index is -0.830. The Morgan fingerprint density at radius 2 is 2.23 bits per heavy atom.